The summed E-state index contributed by atoms with van der Waals surface area (Å²) >= 11 is 0. The molecule has 1 aromatic carbocycles. The Balaban J connectivity index is 2.04. The maximum absolute atomic E-state index is 12.5. The summed E-state index contributed by atoms with van der Waals surface area (Å²) in [4.78, 5) is 12.5. The van der Waals surface area contributed by atoms with E-state index < -0.39 is 0 Å². The van der Waals surface area contributed by atoms with Crippen molar-refractivity contribution in [3.8, 4) is 5.75 Å². The van der Waals surface area contributed by atoms with Crippen molar-refractivity contribution in [2.45, 2.75) is 58.8 Å². The zero-order valence-corrected chi connectivity index (χ0v) is 13.0. The van der Waals surface area contributed by atoms with Gasteiger partial charge < -0.3 is 4.74 Å². The van der Waals surface area contributed by atoms with Crippen molar-refractivity contribution in [1.29, 1.82) is 0 Å². The molecular weight excluding hydrogens is 248 g/mol. The Hall–Kier alpha value is -1.31. The molecule has 1 aliphatic carbocycles. The van der Waals surface area contributed by atoms with Gasteiger partial charge in [0.15, 0.2) is 5.78 Å². The van der Waals surface area contributed by atoms with Gasteiger partial charge in [0.25, 0.3) is 0 Å². The summed E-state index contributed by atoms with van der Waals surface area (Å²) in [5.41, 5.74) is 2.97. The van der Waals surface area contributed by atoms with Crippen molar-refractivity contribution < 1.29 is 9.53 Å². The molecule has 2 heteroatoms. The van der Waals surface area contributed by atoms with Crippen LogP contribution in [0, 0.1) is 19.8 Å². The van der Waals surface area contributed by atoms with E-state index in [1.165, 1.54) is 32.1 Å². The van der Waals surface area contributed by atoms with Gasteiger partial charge in [-0.3, -0.25) is 4.79 Å². The number of carbonyl (C=O) groups is 1. The van der Waals surface area contributed by atoms with Crippen LogP contribution in [-0.2, 0) is 0 Å². The zero-order chi connectivity index (χ0) is 14.5. The van der Waals surface area contributed by atoms with Crippen molar-refractivity contribution in [3.63, 3.8) is 0 Å². The second-order valence-corrected chi connectivity index (χ2v) is 6.12. The molecule has 0 spiro atoms. The van der Waals surface area contributed by atoms with Gasteiger partial charge in [-0.25, -0.2) is 0 Å². The van der Waals surface area contributed by atoms with E-state index in [0.29, 0.717) is 6.42 Å². The van der Waals surface area contributed by atoms with Crippen LogP contribution < -0.4 is 4.74 Å². The van der Waals surface area contributed by atoms with Crippen LogP contribution in [0.25, 0.3) is 0 Å². The summed E-state index contributed by atoms with van der Waals surface area (Å²) in [6, 6.07) is 4.03. The number of aryl methyl sites for hydroxylation is 2. The number of benzene rings is 1. The first-order valence-corrected chi connectivity index (χ1v) is 7.80. The number of hydrogen-bond acceptors (Lipinski definition) is 2. The molecule has 1 aliphatic rings. The normalized spacial score (nSPS) is 16.1. The minimum Gasteiger partial charge on any atom is -0.496 e. The average molecular weight is 274 g/mol. The third-order valence-corrected chi connectivity index (χ3v) is 4.45. The highest BCUT2D eigenvalue weighted by Gasteiger charge is 2.19. The second-order valence-electron chi connectivity index (χ2n) is 6.12. The molecule has 0 aromatic heterocycles. The van der Waals surface area contributed by atoms with Gasteiger partial charge in [0.2, 0.25) is 0 Å². The molecular formula is C18H26O2. The third kappa shape index (κ3) is 3.62. The quantitative estimate of drug-likeness (QED) is 0.717. The number of Topliss-reactive ketones (excluding diaryl/α,β-unsaturated/α-hetero) is 1. The van der Waals surface area contributed by atoms with Gasteiger partial charge in [-0.1, -0.05) is 38.2 Å². The fourth-order valence-electron chi connectivity index (χ4n) is 3.38. The Bertz CT molecular complexity index is 471. The topological polar surface area (TPSA) is 26.3 Å². The minimum atomic E-state index is 0.241. The molecule has 1 fully saturated rings. The zero-order valence-electron chi connectivity index (χ0n) is 13.0. The highest BCUT2D eigenvalue weighted by Crippen LogP contribution is 2.30. The van der Waals surface area contributed by atoms with Crippen LogP contribution in [0.2, 0.25) is 0 Å². The molecule has 0 atom stereocenters. The molecule has 1 saturated carbocycles. The van der Waals surface area contributed by atoms with Gasteiger partial charge in [-0.2, -0.15) is 0 Å². The summed E-state index contributed by atoms with van der Waals surface area (Å²) in [5, 5.41) is 0. The molecule has 110 valence electrons. The van der Waals surface area contributed by atoms with E-state index in [9.17, 15) is 4.79 Å². The number of carbonyl (C=O) groups excluding carboxylic acids is 1. The van der Waals surface area contributed by atoms with Gasteiger partial charge in [0.1, 0.15) is 5.75 Å². The Labute approximate surface area is 122 Å². The number of hydrogen-bond donors (Lipinski definition) is 0. The van der Waals surface area contributed by atoms with Crippen LogP contribution in [0.5, 0.6) is 5.75 Å². The van der Waals surface area contributed by atoms with Crippen LogP contribution >= 0.6 is 0 Å². The largest absolute Gasteiger partial charge is 0.496 e. The molecule has 0 N–H and O–H groups in total. The summed E-state index contributed by atoms with van der Waals surface area (Å²) < 4.78 is 5.40. The molecule has 0 saturated heterocycles. The van der Waals surface area contributed by atoms with Crippen LogP contribution in [-0.4, -0.2) is 12.9 Å². The van der Waals surface area contributed by atoms with Crippen molar-refractivity contribution in [1.82, 2.24) is 0 Å². The molecule has 0 heterocycles. The first-order chi connectivity index (χ1) is 9.61. The van der Waals surface area contributed by atoms with Crippen molar-refractivity contribution in [2.75, 3.05) is 7.11 Å². The number of rotatable bonds is 5. The standard InChI is InChI=1S/C18H26O2/c1-13-11-14(2)18(17(12-13)20-3)16(19)10-9-15-7-5-4-6-8-15/h11-12,15H,4-10H2,1-3H3. The van der Waals surface area contributed by atoms with Gasteiger partial charge in [0.05, 0.1) is 12.7 Å². The first kappa shape index (κ1) is 15.1. The molecule has 2 rings (SSSR count). The number of methoxy groups -OCH3 is 1. The third-order valence-electron chi connectivity index (χ3n) is 4.45. The molecule has 0 amide bonds. The maximum atomic E-state index is 12.5. The first-order valence-electron chi connectivity index (χ1n) is 7.80. The van der Waals surface area contributed by atoms with E-state index in [2.05, 4.69) is 6.07 Å². The summed E-state index contributed by atoms with van der Waals surface area (Å²) in [7, 11) is 1.64. The molecule has 0 bridgehead atoms. The summed E-state index contributed by atoms with van der Waals surface area (Å²) in [5.74, 6) is 1.73. The van der Waals surface area contributed by atoms with E-state index in [1.807, 2.05) is 19.9 Å². The smallest absolute Gasteiger partial charge is 0.166 e. The van der Waals surface area contributed by atoms with Crippen molar-refractivity contribution >= 4 is 5.78 Å². The Morgan fingerprint density at radius 2 is 1.90 bits per heavy atom. The van der Waals surface area contributed by atoms with E-state index in [-0.39, 0.29) is 5.78 Å². The predicted octanol–water partition coefficient (Wildman–Crippen LogP) is 4.86. The fraction of sp³-hybridized carbons (Fsp3) is 0.611. The summed E-state index contributed by atoms with van der Waals surface area (Å²) in [6.45, 7) is 4.04. The fourth-order valence-corrected chi connectivity index (χ4v) is 3.38. The number of ketones is 1. The van der Waals surface area contributed by atoms with E-state index in [0.717, 1.165) is 34.8 Å². The minimum absolute atomic E-state index is 0.241. The average Bonchev–Trinajstić information content (AvgIpc) is 2.45. The lowest BCUT2D eigenvalue weighted by atomic mass is 9.85. The van der Waals surface area contributed by atoms with E-state index in [4.69, 9.17) is 4.74 Å². The molecule has 1 aromatic rings. The monoisotopic (exact) mass is 274 g/mol. The Morgan fingerprint density at radius 3 is 2.55 bits per heavy atom. The molecule has 20 heavy (non-hydrogen) atoms. The maximum Gasteiger partial charge on any atom is 0.166 e. The lowest BCUT2D eigenvalue weighted by molar-refractivity contribution is 0.0966. The highest BCUT2D eigenvalue weighted by molar-refractivity contribution is 6.00. The molecule has 0 radical (unpaired) electrons. The predicted molar refractivity (Wildman–Crippen MR) is 82.6 cm³/mol. The highest BCUT2D eigenvalue weighted by atomic mass is 16.5. The lowest BCUT2D eigenvalue weighted by Gasteiger charge is -2.21. The number of ether oxygens (including phenoxy) is 1. The lowest BCUT2D eigenvalue weighted by Crippen LogP contribution is -2.11. The van der Waals surface area contributed by atoms with Crippen molar-refractivity contribution in [3.05, 3.63) is 28.8 Å². The van der Waals surface area contributed by atoms with E-state index >= 15 is 0 Å². The van der Waals surface area contributed by atoms with Crippen molar-refractivity contribution in [2.24, 2.45) is 5.92 Å². The Morgan fingerprint density at radius 1 is 1.20 bits per heavy atom. The van der Waals surface area contributed by atoms with Crippen LogP contribution in [0.1, 0.15) is 66.4 Å². The SMILES string of the molecule is COc1cc(C)cc(C)c1C(=O)CCC1CCCCC1. The van der Waals surface area contributed by atoms with Gasteiger partial charge in [0, 0.05) is 6.42 Å². The van der Waals surface area contributed by atoms with Crippen LogP contribution in [0.15, 0.2) is 12.1 Å². The van der Waals surface area contributed by atoms with Crippen LogP contribution in [0.4, 0.5) is 0 Å². The van der Waals surface area contributed by atoms with E-state index in [1.54, 1.807) is 7.11 Å². The van der Waals surface area contributed by atoms with Gasteiger partial charge >= 0.3 is 0 Å². The van der Waals surface area contributed by atoms with Gasteiger partial charge in [-0.15, -0.1) is 0 Å². The molecule has 2 nitrogen and oxygen atoms in total. The van der Waals surface area contributed by atoms with Crippen LogP contribution in [0.3, 0.4) is 0 Å². The van der Waals surface area contributed by atoms with Gasteiger partial charge in [-0.05, 0) is 43.4 Å². The second kappa shape index (κ2) is 6.92. The molecule has 0 aliphatic heterocycles. The Kier molecular flexibility index (Phi) is 5.22. The molecule has 0 unspecified atom stereocenters. The summed E-state index contributed by atoms with van der Waals surface area (Å²) in [6.07, 6.45) is 8.35.